The van der Waals surface area contributed by atoms with Gasteiger partial charge in [0.25, 0.3) is 5.91 Å². The molecule has 0 aliphatic rings. The standard InChI is InChI=1S/C20H23FN2O3/c1-13(2)17-8-7-14(3)9-18(17)26-12-20(25)23-22-19(24)11-15-5-4-6-16(21)10-15/h4-10,13H,11-12H2,1-3H3,(H,22,24)(H,23,25). The highest BCUT2D eigenvalue weighted by Gasteiger charge is 2.11. The Balaban J connectivity index is 1.82. The van der Waals surface area contributed by atoms with Crippen molar-refractivity contribution in [2.75, 3.05) is 6.61 Å². The lowest BCUT2D eigenvalue weighted by Gasteiger charge is -2.15. The number of hydrazine groups is 1. The van der Waals surface area contributed by atoms with Crippen molar-refractivity contribution in [1.29, 1.82) is 0 Å². The summed E-state index contributed by atoms with van der Waals surface area (Å²) in [5.41, 5.74) is 7.16. The van der Waals surface area contributed by atoms with E-state index in [4.69, 9.17) is 4.74 Å². The highest BCUT2D eigenvalue weighted by molar-refractivity contribution is 5.83. The molecule has 5 nitrogen and oxygen atoms in total. The van der Waals surface area contributed by atoms with Crippen LogP contribution in [0.5, 0.6) is 5.75 Å². The van der Waals surface area contributed by atoms with Crippen LogP contribution in [-0.4, -0.2) is 18.4 Å². The minimum absolute atomic E-state index is 0.0335. The van der Waals surface area contributed by atoms with Crippen LogP contribution in [0.1, 0.15) is 36.5 Å². The van der Waals surface area contributed by atoms with Gasteiger partial charge in [-0.25, -0.2) is 4.39 Å². The number of nitrogens with one attached hydrogen (secondary N) is 2. The number of amides is 2. The Morgan fingerprint density at radius 2 is 1.81 bits per heavy atom. The first-order chi connectivity index (χ1) is 12.3. The molecule has 0 aliphatic carbocycles. The smallest absolute Gasteiger partial charge is 0.276 e. The van der Waals surface area contributed by atoms with E-state index in [0.717, 1.165) is 11.1 Å². The lowest BCUT2D eigenvalue weighted by molar-refractivity contribution is -0.129. The zero-order valence-corrected chi connectivity index (χ0v) is 15.1. The van der Waals surface area contributed by atoms with Crippen LogP contribution >= 0.6 is 0 Å². The van der Waals surface area contributed by atoms with Crippen molar-refractivity contribution in [3.8, 4) is 5.75 Å². The molecule has 6 heteroatoms. The van der Waals surface area contributed by atoms with E-state index in [9.17, 15) is 14.0 Å². The van der Waals surface area contributed by atoms with E-state index in [1.165, 1.54) is 18.2 Å². The summed E-state index contributed by atoms with van der Waals surface area (Å²) in [6.45, 7) is 5.82. The van der Waals surface area contributed by atoms with E-state index in [0.29, 0.717) is 11.3 Å². The van der Waals surface area contributed by atoms with Crippen molar-refractivity contribution >= 4 is 11.8 Å². The predicted molar refractivity (Wildman–Crippen MR) is 97.2 cm³/mol. The van der Waals surface area contributed by atoms with Crippen LogP contribution in [0.4, 0.5) is 4.39 Å². The molecule has 2 amide bonds. The van der Waals surface area contributed by atoms with E-state index >= 15 is 0 Å². The molecular weight excluding hydrogens is 335 g/mol. The van der Waals surface area contributed by atoms with Crippen molar-refractivity contribution in [3.63, 3.8) is 0 Å². The first kappa shape index (κ1) is 19.4. The molecule has 0 aliphatic heterocycles. The third-order valence-corrected chi connectivity index (χ3v) is 3.74. The van der Waals surface area contributed by atoms with E-state index in [1.807, 2.05) is 39.0 Å². The lowest BCUT2D eigenvalue weighted by Crippen LogP contribution is -2.44. The summed E-state index contributed by atoms with van der Waals surface area (Å²) in [5, 5.41) is 0. The normalized spacial score (nSPS) is 10.5. The second-order valence-electron chi connectivity index (χ2n) is 6.39. The molecule has 0 unspecified atom stereocenters. The molecular formula is C20H23FN2O3. The molecule has 2 rings (SSSR count). The number of hydrogen-bond donors (Lipinski definition) is 2. The molecule has 0 saturated heterocycles. The average Bonchev–Trinajstić information content (AvgIpc) is 2.58. The minimum Gasteiger partial charge on any atom is -0.483 e. The van der Waals surface area contributed by atoms with Crippen LogP contribution in [0.3, 0.4) is 0 Å². The first-order valence-electron chi connectivity index (χ1n) is 8.40. The van der Waals surface area contributed by atoms with Crippen LogP contribution in [0.2, 0.25) is 0 Å². The molecule has 2 N–H and O–H groups in total. The van der Waals surface area contributed by atoms with Gasteiger partial charge in [-0.15, -0.1) is 0 Å². The second-order valence-corrected chi connectivity index (χ2v) is 6.39. The second kappa shape index (κ2) is 8.99. The summed E-state index contributed by atoms with van der Waals surface area (Å²) in [4.78, 5) is 23.7. The monoisotopic (exact) mass is 358 g/mol. The van der Waals surface area contributed by atoms with E-state index in [1.54, 1.807) is 6.07 Å². The number of aryl methyl sites for hydroxylation is 1. The molecule has 2 aromatic rings. The molecule has 0 aromatic heterocycles. The third-order valence-electron chi connectivity index (χ3n) is 3.74. The molecule has 26 heavy (non-hydrogen) atoms. The Labute approximate surface area is 152 Å². The summed E-state index contributed by atoms with van der Waals surface area (Å²) in [6, 6.07) is 11.6. The summed E-state index contributed by atoms with van der Waals surface area (Å²) in [6.07, 6.45) is -0.0335. The molecule has 138 valence electrons. The number of ether oxygens (including phenoxy) is 1. The number of rotatable bonds is 6. The van der Waals surface area contributed by atoms with Gasteiger partial charge in [0.05, 0.1) is 6.42 Å². The largest absolute Gasteiger partial charge is 0.483 e. The summed E-state index contributed by atoms with van der Waals surface area (Å²) in [7, 11) is 0. The van der Waals surface area contributed by atoms with E-state index < -0.39 is 17.6 Å². The zero-order chi connectivity index (χ0) is 19.1. The highest BCUT2D eigenvalue weighted by Crippen LogP contribution is 2.27. The van der Waals surface area contributed by atoms with Gasteiger partial charge < -0.3 is 4.74 Å². The minimum atomic E-state index is -0.478. The molecule has 0 heterocycles. The topological polar surface area (TPSA) is 67.4 Å². The van der Waals surface area contributed by atoms with Crippen molar-refractivity contribution in [2.24, 2.45) is 0 Å². The number of carbonyl (C=O) groups excluding carboxylic acids is 2. The van der Waals surface area contributed by atoms with Crippen LogP contribution in [0.15, 0.2) is 42.5 Å². The third kappa shape index (κ3) is 5.88. The maximum atomic E-state index is 13.1. The lowest BCUT2D eigenvalue weighted by atomic mass is 10.0. The molecule has 0 atom stereocenters. The predicted octanol–water partition coefficient (Wildman–Crippen LogP) is 3.03. The van der Waals surface area contributed by atoms with E-state index in [-0.39, 0.29) is 18.9 Å². The maximum absolute atomic E-state index is 13.1. The Bertz CT molecular complexity index is 790. The zero-order valence-electron chi connectivity index (χ0n) is 15.1. The number of benzene rings is 2. The fourth-order valence-corrected chi connectivity index (χ4v) is 2.44. The van der Waals surface area contributed by atoms with Crippen molar-refractivity contribution in [2.45, 2.75) is 33.1 Å². The molecule has 0 bridgehead atoms. The average molecular weight is 358 g/mol. The Morgan fingerprint density at radius 1 is 1.08 bits per heavy atom. The molecule has 0 saturated carbocycles. The van der Waals surface area contributed by atoms with Crippen LogP contribution in [-0.2, 0) is 16.0 Å². The fraction of sp³-hybridized carbons (Fsp3) is 0.300. The maximum Gasteiger partial charge on any atom is 0.276 e. The first-order valence-corrected chi connectivity index (χ1v) is 8.40. The Hall–Kier alpha value is -2.89. The highest BCUT2D eigenvalue weighted by atomic mass is 19.1. The quantitative estimate of drug-likeness (QED) is 0.780. The van der Waals surface area contributed by atoms with Gasteiger partial charge in [0.1, 0.15) is 11.6 Å². The van der Waals surface area contributed by atoms with Crippen molar-refractivity contribution in [3.05, 3.63) is 65.0 Å². The Kier molecular flexibility index (Phi) is 6.72. The van der Waals surface area contributed by atoms with Gasteiger partial charge >= 0.3 is 0 Å². The van der Waals surface area contributed by atoms with E-state index in [2.05, 4.69) is 10.9 Å². The summed E-state index contributed by atoms with van der Waals surface area (Å²) in [5.74, 6) is -0.413. The van der Waals surface area contributed by atoms with Gasteiger partial charge in [-0.2, -0.15) is 0 Å². The van der Waals surface area contributed by atoms with Gasteiger partial charge in [-0.3, -0.25) is 20.4 Å². The fourth-order valence-electron chi connectivity index (χ4n) is 2.44. The number of carbonyl (C=O) groups is 2. The van der Waals surface area contributed by atoms with Gasteiger partial charge in [-0.1, -0.05) is 38.1 Å². The van der Waals surface area contributed by atoms with Gasteiger partial charge in [0.15, 0.2) is 6.61 Å². The van der Waals surface area contributed by atoms with Crippen molar-refractivity contribution in [1.82, 2.24) is 10.9 Å². The SMILES string of the molecule is Cc1ccc(C(C)C)c(OCC(=O)NNC(=O)Cc2cccc(F)c2)c1. The number of hydrogen-bond acceptors (Lipinski definition) is 3. The summed E-state index contributed by atoms with van der Waals surface area (Å²) >= 11 is 0. The number of halogens is 1. The molecule has 0 spiro atoms. The molecule has 0 radical (unpaired) electrons. The Morgan fingerprint density at radius 3 is 2.50 bits per heavy atom. The van der Waals surface area contributed by atoms with Gasteiger partial charge in [-0.05, 0) is 47.7 Å². The van der Waals surface area contributed by atoms with Crippen LogP contribution in [0, 0.1) is 12.7 Å². The van der Waals surface area contributed by atoms with Crippen LogP contribution in [0.25, 0.3) is 0 Å². The van der Waals surface area contributed by atoms with Crippen molar-refractivity contribution < 1.29 is 18.7 Å². The van der Waals surface area contributed by atoms with Gasteiger partial charge in [0, 0.05) is 0 Å². The summed E-state index contributed by atoms with van der Waals surface area (Å²) < 4.78 is 18.7. The molecule has 2 aromatic carbocycles. The van der Waals surface area contributed by atoms with Crippen LogP contribution < -0.4 is 15.6 Å². The van der Waals surface area contributed by atoms with Gasteiger partial charge in [0.2, 0.25) is 5.91 Å². The molecule has 0 fully saturated rings.